The van der Waals surface area contributed by atoms with E-state index in [9.17, 15) is 9.90 Å². The van der Waals surface area contributed by atoms with E-state index < -0.39 is 0 Å². The van der Waals surface area contributed by atoms with Crippen molar-refractivity contribution in [1.29, 1.82) is 0 Å². The number of benzene rings is 2. The molecule has 0 saturated heterocycles. The minimum Gasteiger partial charge on any atom is -0.494 e. The molecule has 0 unspecified atom stereocenters. The number of aromatic amines is 1. The lowest BCUT2D eigenvalue weighted by molar-refractivity contribution is 0.107. The van der Waals surface area contributed by atoms with Crippen LogP contribution in [0, 0.1) is 13.8 Å². The molecular weight excluding hydrogens is 276 g/mol. The first-order valence-electron chi connectivity index (χ1n) is 7.10. The molecule has 22 heavy (non-hydrogen) atoms. The monoisotopic (exact) mass is 290 g/mol. The third kappa shape index (κ3) is 1.70. The van der Waals surface area contributed by atoms with E-state index in [0.29, 0.717) is 22.5 Å². The van der Waals surface area contributed by atoms with E-state index in [-0.39, 0.29) is 11.7 Å². The smallest absolute Gasteiger partial charge is 0.214 e. The summed E-state index contributed by atoms with van der Waals surface area (Å²) in [7, 11) is 0. The molecule has 1 aromatic heterocycles. The minimum atomic E-state index is -0.147. The summed E-state index contributed by atoms with van der Waals surface area (Å²) in [4.78, 5) is 20.0. The number of ketones is 1. The van der Waals surface area contributed by atoms with E-state index in [4.69, 9.17) is 0 Å². The number of aliphatic imine (C=N–C) groups is 1. The van der Waals surface area contributed by atoms with Gasteiger partial charge in [-0.3, -0.25) is 4.79 Å². The van der Waals surface area contributed by atoms with E-state index in [1.165, 1.54) is 0 Å². The zero-order chi connectivity index (χ0) is 15.4. The van der Waals surface area contributed by atoms with Crippen LogP contribution in [-0.2, 0) is 0 Å². The molecule has 1 aliphatic rings. The van der Waals surface area contributed by atoms with Crippen molar-refractivity contribution in [3.63, 3.8) is 0 Å². The third-order valence-corrected chi connectivity index (χ3v) is 4.02. The van der Waals surface area contributed by atoms with E-state index in [1.54, 1.807) is 6.07 Å². The number of aromatic nitrogens is 1. The highest BCUT2D eigenvalue weighted by Gasteiger charge is 2.30. The Labute approximate surface area is 127 Å². The first kappa shape index (κ1) is 12.8. The van der Waals surface area contributed by atoms with Crippen molar-refractivity contribution in [3.8, 4) is 5.88 Å². The van der Waals surface area contributed by atoms with Crippen LogP contribution in [0.4, 0.5) is 5.69 Å². The maximum absolute atomic E-state index is 12.6. The third-order valence-electron chi connectivity index (χ3n) is 4.02. The second-order valence-electron chi connectivity index (χ2n) is 5.71. The van der Waals surface area contributed by atoms with Gasteiger partial charge in [0.05, 0.1) is 11.3 Å². The Morgan fingerprint density at radius 3 is 2.59 bits per heavy atom. The van der Waals surface area contributed by atoms with E-state index in [2.05, 4.69) is 9.98 Å². The highest BCUT2D eigenvalue weighted by Crippen LogP contribution is 2.35. The van der Waals surface area contributed by atoms with Crippen LogP contribution in [0.25, 0.3) is 10.9 Å². The van der Waals surface area contributed by atoms with Crippen LogP contribution in [0.1, 0.15) is 27.0 Å². The Hall–Kier alpha value is -2.88. The van der Waals surface area contributed by atoms with Crippen LogP contribution in [0.5, 0.6) is 5.88 Å². The summed E-state index contributed by atoms with van der Waals surface area (Å²) in [6.07, 6.45) is 0. The molecule has 0 bridgehead atoms. The zero-order valence-electron chi connectivity index (χ0n) is 12.3. The number of aromatic hydroxyl groups is 1. The Morgan fingerprint density at radius 1 is 1.05 bits per heavy atom. The number of fused-ring (bicyclic) bond motifs is 2. The van der Waals surface area contributed by atoms with Crippen molar-refractivity contribution in [3.05, 3.63) is 58.7 Å². The maximum atomic E-state index is 12.6. The minimum absolute atomic E-state index is 0.0165. The average molecular weight is 290 g/mol. The molecule has 2 aromatic carbocycles. The van der Waals surface area contributed by atoms with Crippen LogP contribution in [0.15, 0.2) is 41.4 Å². The van der Waals surface area contributed by atoms with Gasteiger partial charge in [0.1, 0.15) is 5.71 Å². The van der Waals surface area contributed by atoms with Crippen LogP contribution in [0.3, 0.4) is 0 Å². The Kier molecular flexibility index (Phi) is 2.51. The van der Waals surface area contributed by atoms with Crippen LogP contribution < -0.4 is 0 Å². The number of hydrogen-bond donors (Lipinski definition) is 2. The first-order valence-corrected chi connectivity index (χ1v) is 7.10. The molecule has 0 amide bonds. The van der Waals surface area contributed by atoms with Crippen molar-refractivity contribution in [1.82, 2.24) is 4.98 Å². The lowest BCUT2D eigenvalue weighted by Crippen LogP contribution is -2.10. The molecule has 4 rings (SSSR count). The fourth-order valence-electron chi connectivity index (χ4n) is 2.93. The molecule has 0 atom stereocenters. The molecule has 4 nitrogen and oxygen atoms in total. The number of nitrogens with zero attached hydrogens (tertiary/aromatic N) is 1. The molecule has 0 saturated carbocycles. The van der Waals surface area contributed by atoms with Gasteiger partial charge in [0, 0.05) is 16.5 Å². The van der Waals surface area contributed by atoms with Gasteiger partial charge in [-0.25, -0.2) is 4.99 Å². The van der Waals surface area contributed by atoms with Gasteiger partial charge in [-0.05, 0) is 43.2 Å². The van der Waals surface area contributed by atoms with E-state index >= 15 is 0 Å². The molecule has 108 valence electrons. The summed E-state index contributed by atoms with van der Waals surface area (Å²) in [5, 5.41) is 11.1. The predicted molar refractivity (Wildman–Crippen MR) is 86.4 cm³/mol. The highest BCUT2D eigenvalue weighted by molar-refractivity contribution is 6.56. The van der Waals surface area contributed by atoms with Gasteiger partial charge in [-0.2, -0.15) is 0 Å². The summed E-state index contributed by atoms with van der Waals surface area (Å²) in [6, 6.07) is 11.4. The number of carbonyl (C=O) groups is 1. The van der Waals surface area contributed by atoms with Crippen molar-refractivity contribution in [2.24, 2.45) is 4.99 Å². The van der Waals surface area contributed by atoms with Gasteiger partial charge in [0.15, 0.2) is 5.88 Å². The standard InChI is InChI=1S/C18H14N2O2/c1-9-3-5-11-13(7-9)20-18(22)15(11)16-17(21)12-6-4-10(2)8-14(12)19-16/h3-8,20,22H,1-2H3. The summed E-state index contributed by atoms with van der Waals surface area (Å²) in [6.45, 7) is 3.94. The molecular formula is C18H14N2O2. The summed E-state index contributed by atoms with van der Waals surface area (Å²) in [5.74, 6) is -0.163. The van der Waals surface area contributed by atoms with Crippen LogP contribution in [0.2, 0.25) is 0 Å². The molecule has 2 heterocycles. The maximum Gasteiger partial charge on any atom is 0.214 e. The van der Waals surface area contributed by atoms with Gasteiger partial charge in [0.25, 0.3) is 0 Å². The number of H-pyrrole nitrogens is 1. The molecule has 2 N–H and O–H groups in total. The first-order chi connectivity index (χ1) is 10.5. The normalized spacial score (nSPS) is 13.5. The fraction of sp³-hybridized carbons (Fsp3) is 0.111. The number of carbonyl (C=O) groups excluding carboxylic acids is 1. The van der Waals surface area contributed by atoms with E-state index in [1.807, 2.05) is 44.2 Å². The SMILES string of the molecule is Cc1ccc2c(c1)N=C(c1c(O)[nH]c3cc(C)ccc13)C2=O. The Morgan fingerprint density at radius 2 is 1.77 bits per heavy atom. The number of hydrogen-bond acceptors (Lipinski definition) is 3. The van der Waals surface area contributed by atoms with E-state index in [0.717, 1.165) is 22.0 Å². The van der Waals surface area contributed by atoms with Crippen LogP contribution in [-0.4, -0.2) is 21.6 Å². The lowest BCUT2D eigenvalue weighted by atomic mass is 10.0. The van der Waals surface area contributed by atoms with Crippen molar-refractivity contribution >= 4 is 28.1 Å². The number of rotatable bonds is 1. The van der Waals surface area contributed by atoms with Gasteiger partial charge >= 0.3 is 0 Å². The zero-order valence-corrected chi connectivity index (χ0v) is 12.3. The fourth-order valence-corrected chi connectivity index (χ4v) is 2.93. The van der Waals surface area contributed by atoms with Gasteiger partial charge in [-0.15, -0.1) is 0 Å². The molecule has 0 radical (unpaired) electrons. The number of aryl methyl sites for hydroxylation is 2. The van der Waals surface area contributed by atoms with Gasteiger partial charge in [0.2, 0.25) is 5.78 Å². The Balaban J connectivity index is 1.96. The second kappa shape index (κ2) is 4.31. The highest BCUT2D eigenvalue weighted by atomic mass is 16.3. The van der Waals surface area contributed by atoms with Gasteiger partial charge in [-0.1, -0.05) is 18.2 Å². The number of Topliss-reactive ketones (excluding diaryl/α,β-unsaturated/α-hetero) is 1. The summed E-state index contributed by atoms with van der Waals surface area (Å²) >= 11 is 0. The quantitative estimate of drug-likeness (QED) is 0.715. The van der Waals surface area contributed by atoms with Gasteiger partial charge < -0.3 is 10.1 Å². The molecule has 4 heteroatoms. The molecule has 3 aromatic rings. The molecule has 0 fully saturated rings. The summed E-state index contributed by atoms with van der Waals surface area (Å²) < 4.78 is 0. The largest absolute Gasteiger partial charge is 0.494 e. The average Bonchev–Trinajstić information content (AvgIpc) is 2.94. The molecule has 1 aliphatic heterocycles. The molecule has 0 aliphatic carbocycles. The van der Waals surface area contributed by atoms with Crippen LogP contribution >= 0.6 is 0 Å². The lowest BCUT2D eigenvalue weighted by Gasteiger charge is -1.99. The summed E-state index contributed by atoms with van der Waals surface area (Å²) in [5.41, 5.74) is 4.97. The Bertz CT molecular complexity index is 980. The van der Waals surface area contributed by atoms with Crippen molar-refractivity contribution in [2.45, 2.75) is 13.8 Å². The predicted octanol–water partition coefficient (Wildman–Crippen LogP) is 3.81. The molecule has 0 spiro atoms. The second-order valence-corrected chi connectivity index (χ2v) is 5.71. The number of nitrogens with one attached hydrogen (secondary N) is 1. The topological polar surface area (TPSA) is 65.5 Å². The van der Waals surface area contributed by atoms with Crippen molar-refractivity contribution in [2.75, 3.05) is 0 Å². The van der Waals surface area contributed by atoms with Crippen molar-refractivity contribution < 1.29 is 9.90 Å².